The highest BCUT2D eigenvalue weighted by Crippen LogP contribution is 2.45. The van der Waals surface area contributed by atoms with E-state index in [0.717, 1.165) is 16.5 Å². The van der Waals surface area contributed by atoms with E-state index in [1.54, 1.807) is 30.5 Å². The van der Waals surface area contributed by atoms with Crippen LogP contribution in [0.2, 0.25) is 5.02 Å². The number of rotatable bonds is 9. The van der Waals surface area contributed by atoms with Crippen LogP contribution in [0.4, 0.5) is 5.69 Å². The minimum Gasteiger partial charge on any atom is -0.484 e. The van der Waals surface area contributed by atoms with E-state index < -0.39 is 0 Å². The Bertz CT molecular complexity index is 1450. The van der Waals surface area contributed by atoms with Gasteiger partial charge in [-0.1, -0.05) is 41.9 Å². The third-order valence-electron chi connectivity index (χ3n) is 5.80. The third-order valence-corrected chi connectivity index (χ3v) is 9.15. The molecule has 2 N–H and O–H groups in total. The molecule has 4 aromatic rings. The monoisotopic (exact) mass is 564 g/mol. The van der Waals surface area contributed by atoms with Crippen molar-refractivity contribution < 1.29 is 14.3 Å². The van der Waals surface area contributed by atoms with Gasteiger partial charge in [-0.3, -0.25) is 9.59 Å². The zero-order valence-electron chi connectivity index (χ0n) is 20.3. The highest BCUT2D eigenvalue weighted by atomic mass is 35.5. The topological polar surface area (TPSA) is 84.7 Å². The maximum atomic E-state index is 12.6. The number of hydrogen-bond acceptors (Lipinski definition) is 6. The SMILES string of the molecule is O=C(COc1ccc(C2SCCS2)cc1)N/N=C\c1cn(CC(=O)Nc2ccc(Cl)cc2)c2ccccc12. The summed E-state index contributed by atoms with van der Waals surface area (Å²) in [5.74, 6) is 2.46. The molecule has 2 heterocycles. The lowest BCUT2D eigenvalue weighted by molar-refractivity contribution is -0.123. The number of para-hydroxylation sites is 1. The van der Waals surface area contributed by atoms with Crippen LogP contribution in [0, 0.1) is 0 Å². The van der Waals surface area contributed by atoms with Crippen molar-refractivity contribution in [3.63, 3.8) is 0 Å². The van der Waals surface area contributed by atoms with Gasteiger partial charge in [-0.25, -0.2) is 5.43 Å². The van der Waals surface area contributed by atoms with Crippen LogP contribution in [-0.4, -0.2) is 40.7 Å². The first-order valence-electron chi connectivity index (χ1n) is 12.0. The van der Waals surface area contributed by atoms with Gasteiger partial charge in [0.1, 0.15) is 12.3 Å². The molecule has 0 saturated carbocycles. The third kappa shape index (κ3) is 6.72. The molecule has 0 aliphatic carbocycles. The van der Waals surface area contributed by atoms with Crippen molar-refractivity contribution in [3.05, 3.63) is 95.1 Å². The van der Waals surface area contributed by atoms with Crippen molar-refractivity contribution >= 4 is 69.7 Å². The number of halogens is 1. The molecule has 0 radical (unpaired) electrons. The van der Waals surface area contributed by atoms with Crippen molar-refractivity contribution in [2.45, 2.75) is 11.1 Å². The molecular formula is C28H25ClN4O3S2. The normalized spacial score (nSPS) is 13.7. The second kappa shape index (κ2) is 12.4. The van der Waals surface area contributed by atoms with Gasteiger partial charge in [0.05, 0.1) is 10.8 Å². The van der Waals surface area contributed by atoms with E-state index in [1.807, 2.05) is 82.8 Å². The first kappa shape index (κ1) is 26.2. The summed E-state index contributed by atoms with van der Waals surface area (Å²) < 4.78 is 7.93. The number of nitrogens with one attached hydrogen (secondary N) is 2. The number of fused-ring (bicyclic) bond motifs is 1. The minimum atomic E-state index is -0.363. The molecule has 0 spiro atoms. The Kier molecular flexibility index (Phi) is 8.58. The minimum absolute atomic E-state index is 0.119. The van der Waals surface area contributed by atoms with Crippen LogP contribution in [-0.2, 0) is 16.1 Å². The number of hydrogen-bond donors (Lipinski definition) is 2. The Morgan fingerprint density at radius 1 is 1.00 bits per heavy atom. The molecule has 1 saturated heterocycles. The quantitative estimate of drug-likeness (QED) is 0.194. The predicted molar refractivity (Wildman–Crippen MR) is 157 cm³/mol. The number of thioether (sulfide) groups is 2. The van der Waals surface area contributed by atoms with Gasteiger partial charge in [-0.05, 0) is 48.0 Å². The van der Waals surface area contributed by atoms with Gasteiger partial charge < -0.3 is 14.6 Å². The van der Waals surface area contributed by atoms with Gasteiger partial charge >= 0.3 is 0 Å². The van der Waals surface area contributed by atoms with Gasteiger partial charge in [-0.2, -0.15) is 5.10 Å². The number of nitrogens with zero attached hydrogens (tertiary/aromatic N) is 2. The molecular weight excluding hydrogens is 540 g/mol. The second-order valence-electron chi connectivity index (χ2n) is 8.51. The van der Waals surface area contributed by atoms with Gasteiger partial charge in [0.15, 0.2) is 6.61 Å². The Hall–Kier alpha value is -3.40. The fourth-order valence-electron chi connectivity index (χ4n) is 4.02. The number of hydrazone groups is 1. The molecule has 194 valence electrons. The molecule has 0 bridgehead atoms. The number of amides is 2. The molecule has 5 rings (SSSR count). The first-order valence-corrected chi connectivity index (χ1v) is 14.4. The Balaban J connectivity index is 1.16. The highest BCUT2D eigenvalue weighted by molar-refractivity contribution is 8.19. The molecule has 2 amide bonds. The number of carbonyl (C=O) groups is 2. The standard InChI is InChI=1S/C28H25ClN4O3S2/c29-21-7-9-22(10-8-21)31-26(34)17-33-16-20(24-3-1-2-4-25(24)33)15-30-32-27(35)18-36-23-11-5-19(6-12-23)28-37-13-14-38-28/h1-12,15-16,28H,13-14,17-18H2,(H,31,34)(H,32,35)/b30-15-. The van der Waals surface area contributed by atoms with E-state index in [4.69, 9.17) is 16.3 Å². The van der Waals surface area contributed by atoms with Crippen molar-refractivity contribution in [3.8, 4) is 5.75 Å². The molecule has 38 heavy (non-hydrogen) atoms. The number of carbonyl (C=O) groups excluding carboxylic acids is 2. The number of ether oxygens (including phenoxy) is 1. The maximum absolute atomic E-state index is 12.6. The fourth-order valence-corrected chi connectivity index (χ4v) is 7.01. The molecule has 1 aliphatic rings. The molecule has 1 aliphatic heterocycles. The van der Waals surface area contributed by atoms with Crippen molar-refractivity contribution in [2.24, 2.45) is 5.10 Å². The lowest BCUT2D eigenvalue weighted by atomic mass is 10.2. The summed E-state index contributed by atoms with van der Waals surface area (Å²) in [6, 6.07) is 22.5. The summed E-state index contributed by atoms with van der Waals surface area (Å²) in [6.07, 6.45) is 3.40. The summed E-state index contributed by atoms with van der Waals surface area (Å²) in [5.41, 5.74) is 6.10. The van der Waals surface area contributed by atoms with Crippen molar-refractivity contribution in [1.82, 2.24) is 9.99 Å². The van der Waals surface area contributed by atoms with Crippen molar-refractivity contribution in [1.29, 1.82) is 0 Å². The Labute approximate surface area is 234 Å². The van der Waals surface area contributed by atoms with E-state index in [0.29, 0.717) is 21.0 Å². The summed E-state index contributed by atoms with van der Waals surface area (Å²) in [4.78, 5) is 24.9. The molecule has 10 heteroatoms. The zero-order chi connectivity index (χ0) is 26.3. The van der Waals surface area contributed by atoms with Crippen molar-refractivity contribution in [2.75, 3.05) is 23.4 Å². The summed E-state index contributed by atoms with van der Waals surface area (Å²) in [7, 11) is 0. The molecule has 7 nitrogen and oxygen atoms in total. The second-order valence-corrected chi connectivity index (χ2v) is 11.7. The van der Waals surface area contributed by atoms with Gasteiger partial charge in [0.2, 0.25) is 5.91 Å². The fraction of sp³-hybridized carbons (Fsp3) is 0.179. The molecule has 1 aromatic heterocycles. The Morgan fingerprint density at radius 2 is 1.74 bits per heavy atom. The van der Waals surface area contributed by atoms with Crippen LogP contribution in [0.15, 0.2) is 84.1 Å². The number of benzene rings is 3. The predicted octanol–water partition coefficient (Wildman–Crippen LogP) is 5.94. The van der Waals surface area contributed by atoms with E-state index in [1.165, 1.54) is 17.1 Å². The number of aromatic nitrogens is 1. The number of anilines is 1. The molecule has 3 aromatic carbocycles. The van der Waals surface area contributed by atoms with E-state index in [9.17, 15) is 9.59 Å². The summed E-state index contributed by atoms with van der Waals surface area (Å²) in [5, 5.41) is 8.49. The molecule has 0 atom stereocenters. The van der Waals surface area contributed by atoms with Crippen LogP contribution in [0.25, 0.3) is 10.9 Å². The van der Waals surface area contributed by atoms with E-state index in [-0.39, 0.29) is 25.0 Å². The van der Waals surface area contributed by atoms with Gasteiger partial charge in [-0.15, -0.1) is 23.5 Å². The Morgan fingerprint density at radius 3 is 2.50 bits per heavy atom. The lowest BCUT2D eigenvalue weighted by Gasteiger charge is -2.10. The lowest BCUT2D eigenvalue weighted by Crippen LogP contribution is -2.24. The summed E-state index contributed by atoms with van der Waals surface area (Å²) >= 11 is 9.81. The average molecular weight is 565 g/mol. The smallest absolute Gasteiger partial charge is 0.277 e. The maximum Gasteiger partial charge on any atom is 0.277 e. The average Bonchev–Trinajstić information content (AvgIpc) is 3.58. The van der Waals surface area contributed by atoms with Gasteiger partial charge in [0, 0.05) is 44.9 Å². The van der Waals surface area contributed by atoms with Crippen LogP contribution >= 0.6 is 35.1 Å². The zero-order valence-corrected chi connectivity index (χ0v) is 22.7. The molecule has 1 fully saturated rings. The van der Waals surface area contributed by atoms with Gasteiger partial charge in [0.25, 0.3) is 5.91 Å². The van der Waals surface area contributed by atoms with Crippen LogP contribution in [0.3, 0.4) is 0 Å². The summed E-state index contributed by atoms with van der Waals surface area (Å²) in [6.45, 7) is -0.0235. The largest absolute Gasteiger partial charge is 0.484 e. The highest BCUT2D eigenvalue weighted by Gasteiger charge is 2.18. The van der Waals surface area contributed by atoms with E-state index >= 15 is 0 Å². The van der Waals surface area contributed by atoms with Crippen LogP contribution in [0.1, 0.15) is 15.7 Å². The first-order chi connectivity index (χ1) is 18.5. The van der Waals surface area contributed by atoms with Crippen LogP contribution in [0.5, 0.6) is 5.75 Å². The van der Waals surface area contributed by atoms with Crippen LogP contribution < -0.4 is 15.5 Å². The van der Waals surface area contributed by atoms with E-state index in [2.05, 4.69) is 15.8 Å². The molecule has 0 unspecified atom stereocenters.